The first-order chi connectivity index (χ1) is 13.4. The van der Waals surface area contributed by atoms with Crippen molar-refractivity contribution in [3.8, 4) is 11.5 Å². The number of benzene rings is 2. The summed E-state index contributed by atoms with van der Waals surface area (Å²) in [6.45, 7) is 4.21. The van der Waals surface area contributed by atoms with Crippen molar-refractivity contribution in [1.82, 2.24) is 4.90 Å². The lowest BCUT2D eigenvalue weighted by atomic mass is 10.1. The zero-order valence-corrected chi connectivity index (χ0v) is 16.7. The third kappa shape index (κ3) is 5.16. The maximum Gasteiger partial charge on any atom is 0.338 e. The molecule has 0 radical (unpaired) electrons. The van der Waals surface area contributed by atoms with Gasteiger partial charge in [0.2, 0.25) is 0 Å². The molecule has 0 bridgehead atoms. The molecule has 0 atom stereocenters. The summed E-state index contributed by atoms with van der Waals surface area (Å²) in [4.78, 5) is 26.2. The Bertz CT molecular complexity index is 851. The maximum absolute atomic E-state index is 12.5. The summed E-state index contributed by atoms with van der Waals surface area (Å²) in [5, 5.41) is 0. The Hall–Kier alpha value is -3.22. The van der Waals surface area contributed by atoms with Crippen molar-refractivity contribution in [3.63, 3.8) is 0 Å². The van der Waals surface area contributed by atoms with Crippen molar-refractivity contribution in [2.75, 3.05) is 33.1 Å². The van der Waals surface area contributed by atoms with Crippen LogP contribution in [0.25, 0.3) is 0 Å². The topological polar surface area (TPSA) is 91.1 Å². The molecule has 0 aliphatic heterocycles. The predicted molar refractivity (Wildman–Crippen MR) is 107 cm³/mol. The summed E-state index contributed by atoms with van der Waals surface area (Å²) in [5.41, 5.74) is 8.39. The van der Waals surface area contributed by atoms with Crippen molar-refractivity contribution in [2.24, 2.45) is 0 Å². The highest BCUT2D eigenvalue weighted by molar-refractivity contribution is 5.92. The first-order valence-electron chi connectivity index (χ1n) is 8.91. The van der Waals surface area contributed by atoms with Crippen molar-refractivity contribution in [1.29, 1.82) is 0 Å². The molecule has 7 heteroatoms. The Morgan fingerprint density at radius 3 is 2.36 bits per heavy atom. The molecule has 0 unspecified atom stereocenters. The van der Waals surface area contributed by atoms with E-state index in [2.05, 4.69) is 0 Å². The van der Waals surface area contributed by atoms with Crippen LogP contribution < -0.4 is 15.2 Å². The number of nitrogen functional groups attached to an aromatic ring is 1. The number of methoxy groups -OCH3 is 2. The average molecular weight is 386 g/mol. The van der Waals surface area contributed by atoms with Crippen LogP contribution in [0.15, 0.2) is 36.4 Å². The Morgan fingerprint density at radius 2 is 1.75 bits per heavy atom. The van der Waals surface area contributed by atoms with E-state index in [4.69, 9.17) is 19.9 Å². The molecule has 0 aromatic heterocycles. The summed E-state index contributed by atoms with van der Waals surface area (Å²) in [7, 11) is 3.12. The highest BCUT2D eigenvalue weighted by Gasteiger charge is 2.17. The van der Waals surface area contributed by atoms with Crippen LogP contribution in [0.2, 0.25) is 0 Å². The second kappa shape index (κ2) is 9.64. The number of anilines is 1. The number of aryl methyl sites for hydroxylation is 1. The molecule has 0 heterocycles. The highest BCUT2D eigenvalue weighted by Crippen LogP contribution is 2.28. The minimum Gasteiger partial charge on any atom is -0.493 e. The molecule has 150 valence electrons. The van der Waals surface area contributed by atoms with E-state index in [0.717, 1.165) is 11.1 Å². The second-order valence-corrected chi connectivity index (χ2v) is 6.24. The number of nitrogens with zero attached hydrogens (tertiary/aromatic N) is 1. The summed E-state index contributed by atoms with van der Waals surface area (Å²) < 4.78 is 15.7. The second-order valence-electron chi connectivity index (χ2n) is 6.24. The van der Waals surface area contributed by atoms with Crippen LogP contribution in [0, 0.1) is 6.92 Å². The molecule has 0 aliphatic carbocycles. The first-order valence-corrected chi connectivity index (χ1v) is 8.91. The minimum absolute atomic E-state index is 0.286. The van der Waals surface area contributed by atoms with Gasteiger partial charge in [0.15, 0.2) is 18.1 Å². The largest absolute Gasteiger partial charge is 0.493 e. The van der Waals surface area contributed by atoms with Gasteiger partial charge in [-0.25, -0.2) is 4.79 Å². The van der Waals surface area contributed by atoms with Crippen LogP contribution in [0.3, 0.4) is 0 Å². The van der Waals surface area contributed by atoms with Crippen LogP contribution in [-0.4, -0.2) is 44.1 Å². The molecule has 2 aromatic carbocycles. The third-order valence-electron chi connectivity index (χ3n) is 4.40. The smallest absolute Gasteiger partial charge is 0.338 e. The van der Waals surface area contributed by atoms with Crippen molar-refractivity contribution < 1.29 is 23.8 Å². The van der Waals surface area contributed by atoms with Gasteiger partial charge in [-0.2, -0.15) is 0 Å². The molecule has 7 nitrogen and oxygen atoms in total. The van der Waals surface area contributed by atoms with Crippen LogP contribution in [-0.2, 0) is 16.1 Å². The van der Waals surface area contributed by atoms with Gasteiger partial charge in [0.25, 0.3) is 5.91 Å². The Labute approximate surface area is 165 Å². The van der Waals surface area contributed by atoms with Gasteiger partial charge in [-0.3, -0.25) is 4.79 Å². The van der Waals surface area contributed by atoms with Gasteiger partial charge < -0.3 is 24.8 Å². The number of rotatable bonds is 8. The normalized spacial score (nSPS) is 10.3. The van der Waals surface area contributed by atoms with E-state index in [1.807, 2.05) is 26.0 Å². The number of esters is 1. The number of nitrogens with two attached hydrogens (primary N) is 1. The minimum atomic E-state index is -0.581. The lowest BCUT2D eigenvalue weighted by Crippen LogP contribution is -2.34. The Kier molecular flexibility index (Phi) is 7.26. The summed E-state index contributed by atoms with van der Waals surface area (Å²) in [6.07, 6.45) is 0. The van der Waals surface area contributed by atoms with Crippen molar-refractivity contribution in [3.05, 3.63) is 53.1 Å². The fraction of sp³-hybridized carbons (Fsp3) is 0.333. The standard InChI is InChI=1S/C21H26N2O5/c1-5-23(12-15-7-9-18(26-3)19(10-15)27-4)20(24)13-28-21(25)16-8-6-14(2)17(22)11-16/h6-11H,5,12-13,22H2,1-4H3. The van der Waals surface area contributed by atoms with E-state index in [9.17, 15) is 9.59 Å². The molecular formula is C21H26N2O5. The summed E-state index contributed by atoms with van der Waals surface area (Å²) >= 11 is 0. The van der Waals surface area contributed by atoms with Gasteiger partial charge in [-0.15, -0.1) is 0 Å². The Morgan fingerprint density at radius 1 is 1.04 bits per heavy atom. The molecule has 0 aliphatic rings. The molecular weight excluding hydrogens is 360 g/mol. The molecule has 0 fully saturated rings. The van der Waals surface area contributed by atoms with Crippen LogP contribution >= 0.6 is 0 Å². The number of hydrogen-bond acceptors (Lipinski definition) is 6. The SMILES string of the molecule is CCN(Cc1ccc(OC)c(OC)c1)C(=O)COC(=O)c1ccc(C)c(N)c1. The van der Waals surface area contributed by atoms with Gasteiger partial charge in [-0.1, -0.05) is 12.1 Å². The van der Waals surface area contributed by atoms with Crippen LogP contribution in [0.5, 0.6) is 11.5 Å². The Balaban J connectivity index is 1.99. The van der Waals surface area contributed by atoms with E-state index in [0.29, 0.717) is 35.8 Å². The number of ether oxygens (including phenoxy) is 3. The lowest BCUT2D eigenvalue weighted by molar-refractivity contribution is -0.134. The van der Waals surface area contributed by atoms with Crippen LogP contribution in [0.4, 0.5) is 5.69 Å². The van der Waals surface area contributed by atoms with E-state index in [1.165, 1.54) is 0 Å². The zero-order valence-electron chi connectivity index (χ0n) is 16.7. The lowest BCUT2D eigenvalue weighted by Gasteiger charge is -2.21. The average Bonchev–Trinajstić information content (AvgIpc) is 2.71. The number of amides is 1. The van der Waals surface area contributed by atoms with Gasteiger partial charge in [0, 0.05) is 18.8 Å². The fourth-order valence-electron chi connectivity index (χ4n) is 2.65. The predicted octanol–water partition coefficient (Wildman–Crippen LogP) is 2.80. The van der Waals surface area contributed by atoms with Gasteiger partial charge in [0.1, 0.15) is 0 Å². The summed E-state index contributed by atoms with van der Waals surface area (Å²) in [6, 6.07) is 10.4. The van der Waals surface area contributed by atoms with Gasteiger partial charge in [0.05, 0.1) is 19.8 Å². The number of carbonyl (C=O) groups is 2. The van der Waals surface area contributed by atoms with Gasteiger partial charge >= 0.3 is 5.97 Å². The molecule has 0 saturated carbocycles. The molecule has 1 amide bonds. The van der Waals surface area contributed by atoms with E-state index >= 15 is 0 Å². The zero-order chi connectivity index (χ0) is 20.7. The molecule has 28 heavy (non-hydrogen) atoms. The van der Waals surface area contributed by atoms with Crippen LogP contribution in [0.1, 0.15) is 28.4 Å². The monoisotopic (exact) mass is 386 g/mol. The van der Waals surface area contributed by atoms with Crippen molar-refractivity contribution >= 4 is 17.6 Å². The molecule has 2 N–H and O–H groups in total. The number of hydrogen-bond donors (Lipinski definition) is 1. The molecule has 0 saturated heterocycles. The third-order valence-corrected chi connectivity index (χ3v) is 4.40. The number of carbonyl (C=O) groups excluding carboxylic acids is 2. The molecule has 2 aromatic rings. The molecule has 0 spiro atoms. The summed E-state index contributed by atoms with van der Waals surface area (Å²) in [5.74, 6) is 0.340. The fourth-order valence-corrected chi connectivity index (χ4v) is 2.65. The molecule has 2 rings (SSSR count). The highest BCUT2D eigenvalue weighted by atomic mass is 16.5. The van der Waals surface area contributed by atoms with E-state index < -0.39 is 5.97 Å². The maximum atomic E-state index is 12.5. The van der Waals surface area contributed by atoms with Crippen molar-refractivity contribution in [2.45, 2.75) is 20.4 Å². The van der Waals surface area contributed by atoms with E-state index in [1.54, 1.807) is 43.4 Å². The van der Waals surface area contributed by atoms with Gasteiger partial charge in [-0.05, 0) is 49.2 Å². The number of likely N-dealkylation sites (N-methyl/N-ethyl adjacent to an activating group) is 1. The quantitative estimate of drug-likeness (QED) is 0.554. The first kappa shape index (κ1) is 21.1. The van der Waals surface area contributed by atoms with E-state index in [-0.39, 0.29) is 12.5 Å².